The molecule has 1 unspecified atom stereocenters. The molecule has 1 aliphatic heterocycles. The van der Waals surface area contributed by atoms with E-state index in [9.17, 15) is 4.79 Å². The Hall–Kier alpha value is -1.35. The molecular formula is C16H24N2O. The highest BCUT2D eigenvalue weighted by atomic mass is 16.2. The van der Waals surface area contributed by atoms with Crippen LogP contribution < -0.4 is 5.73 Å². The van der Waals surface area contributed by atoms with E-state index in [1.807, 2.05) is 30.0 Å². The van der Waals surface area contributed by atoms with Crippen LogP contribution in [-0.2, 0) is 11.2 Å². The van der Waals surface area contributed by atoms with Crippen LogP contribution in [0.2, 0.25) is 0 Å². The molecule has 0 radical (unpaired) electrons. The summed E-state index contributed by atoms with van der Waals surface area (Å²) in [5.74, 6) is 0.963. The quantitative estimate of drug-likeness (QED) is 0.900. The minimum Gasteiger partial charge on any atom is -0.342 e. The molecule has 0 aromatic heterocycles. The van der Waals surface area contributed by atoms with Gasteiger partial charge >= 0.3 is 0 Å². The number of hydrogen-bond acceptors (Lipinski definition) is 2. The molecule has 1 saturated heterocycles. The third-order valence-corrected chi connectivity index (χ3v) is 4.07. The van der Waals surface area contributed by atoms with Crippen LogP contribution in [0.3, 0.4) is 0 Å². The number of rotatable bonds is 4. The number of nitrogens with two attached hydrogens (primary N) is 1. The van der Waals surface area contributed by atoms with Gasteiger partial charge in [-0.05, 0) is 37.3 Å². The Bertz CT molecular complexity index is 396. The molecule has 3 heteroatoms. The lowest BCUT2D eigenvalue weighted by Gasteiger charge is -2.33. The maximum atomic E-state index is 12.4. The molecule has 0 spiro atoms. The number of benzene rings is 1. The van der Waals surface area contributed by atoms with Gasteiger partial charge in [-0.25, -0.2) is 0 Å². The van der Waals surface area contributed by atoms with Crippen molar-refractivity contribution < 1.29 is 4.79 Å². The van der Waals surface area contributed by atoms with Crippen molar-refractivity contribution in [3.63, 3.8) is 0 Å². The maximum Gasteiger partial charge on any atom is 0.225 e. The van der Waals surface area contributed by atoms with Crippen molar-refractivity contribution in [3.05, 3.63) is 35.9 Å². The molecular weight excluding hydrogens is 236 g/mol. The van der Waals surface area contributed by atoms with Gasteiger partial charge in [0.1, 0.15) is 0 Å². The summed E-state index contributed by atoms with van der Waals surface area (Å²) >= 11 is 0. The zero-order valence-corrected chi connectivity index (χ0v) is 11.7. The molecule has 1 aromatic carbocycles. The van der Waals surface area contributed by atoms with Crippen molar-refractivity contribution in [3.8, 4) is 0 Å². The maximum absolute atomic E-state index is 12.4. The number of nitrogens with zero attached hydrogens (tertiary/aromatic N) is 1. The van der Waals surface area contributed by atoms with Crippen molar-refractivity contribution in [1.29, 1.82) is 0 Å². The molecule has 2 N–H and O–H groups in total. The van der Waals surface area contributed by atoms with E-state index in [2.05, 4.69) is 12.1 Å². The average Bonchev–Trinajstić information content (AvgIpc) is 2.47. The second-order valence-electron chi connectivity index (χ2n) is 5.60. The van der Waals surface area contributed by atoms with Gasteiger partial charge < -0.3 is 10.6 Å². The number of likely N-dealkylation sites (tertiary alicyclic amines) is 1. The summed E-state index contributed by atoms with van der Waals surface area (Å²) in [6, 6.07) is 10.2. The summed E-state index contributed by atoms with van der Waals surface area (Å²) in [5.41, 5.74) is 6.92. The van der Waals surface area contributed by atoms with Gasteiger partial charge in [0.25, 0.3) is 0 Å². The van der Waals surface area contributed by atoms with Gasteiger partial charge in [0.2, 0.25) is 5.91 Å². The zero-order chi connectivity index (χ0) is 13.7. The van der Waals surface area contributed by atoms with Crippen LogP contribution >= 0.6 is 0 Å². The van der Waals surface area contributed by atoms with Gasteiger partial charge in [0.05, 0.1) is 0 Å². The van der Waals surface area contributed by atoms with Gasteiger partial charge in [-0.15, -0.1) is 0 Å². The average molecular weight is 260 g/mol. The first-order valence-corrected chi connectivity index (χ1v) is 7.23. The number of amides is 1. The van der Waals surface area contributed by atoms with E-state index in [-0.39, 0.29) is 5.92 Å². The van der Waals surface area contributed by atoms with E-state index in [0.717, 1.165) is 38.9 Å². The second-order valence-corrected chi connectivity index (χ2v) is 5.60. The van der Waals surface area contributed by atoms with E-state index in [4.69, 9.17) is 5.73 Å². The highest BCUT2D eigenvalue weighted by Gasteiger charge is 2.25. The monoisotopic (exact) mass is 260 g/mol. The third-order valence-electron chi connectivity index (χ3n) is 4.07. The molecule has 2 rings (SSSR count). The predicted molar refractivity (Wildman–Crippen MR) is 77.7 cm³/mol. The van der Waals surface area contributed by atoms with E-state index in [1.54, 1.807) is 0 Å². The molecule has 1 aliphatic rings. The first kappa shape index (κ1) is 14.1. The minimum atomic E-state index is 0.0665. The van der Waals surface area contributed by atoms with Gasteiger partial charge in [-0.1, -0.05) is 37.3 Å². The Labute approximate surface area is 115 Å². The predicted octanol–water partition coefficient (Wildman–Crippen LogP) is 2.06. The van der Waals surface area contributed by atoms with Crippen molar-refractivity contribution in [2.45, 2.75) is 26.2 Å². The lowest BCUT2D eigenvalue weighted by Crippen LogP contribution is -2.42. The Morgan fingerprint density at radius 1 is 1.32 bits per heavy atom. The first-order chi connectivity index (χ1) is 9.20. The number of hydrogen-bond donors (Lipinski definition) is 1. The molecule has 3 nitrogen and oxygen atoms in total. The lowest BCUT2D eigenvalue weighted by molar-refractivity contribution is -0.136. The topological polar surface area (TPSA) is 46.3 Å². The molecule has 0 bridgehead atoms. The van der Waals surface area contributed by atoms with Gasteiger partial charge in [-0.3, -0.25) is 4.79 Å². The van der Waals surface area contributed by atoms with E-state index < -0.39 is 0 Å². The van der Waals surface area contributed by atoms with Crippen LogP contribution in [0.15, 0.2) is 30.3 Å². The van der Waals surface area contributed by atoms with Crippen LogP contribution in [0, 0.1) is 11.8 Å². The van der Waals surface area contributed by atoms with Gasteiger partial charge in [-0.2, -0.15) is 0 Å². The fraction of sp³-hybridized carbons (Fsp3) is 0.562. The van der Waals surface area contributed by atoms with Crippen molar-refractivity contribution in [1.82, 2.24) is 4.90 Å². The molecule has 1 atom stereocenters. The molecule has 19 heavy (non-hydrogen) atoms. The molecule has 1 fully saturated rings. The fourth-order valence-corrected chi connectivity index (χ4v) is 2.76. The number of carbonyl (C=O) groups is 1. The number of carbonyl (C=O) groups excluding carboxylic acids is 1. The Morgan fingerprint density at radius 2 is 1.95 bits per heavy atom. The highest BCUT2D eigenvalue weighted by Crippen LogP contribution is 2.19. The van der Waals surface area contributed by atoms with Crippen molar-refractivity contribution in [2.24, 2.45) is 17.6 Å². The van der Waals surface area contributed by atoms with Gasteiger partial charge in [0.15, 0.2) is 0 Å². The van der Waals surface area contributed by atoms with E-state index in [0.29, 0.717) is 11.8 Å². The molecule has 0 saturated carbocycles. The minimum absolute atomic E-state index is 0.0665. The van der Waals surface area contributed by atoms with E-state index in [1.165, 1.54) is 5.56 Å². The fourth-order valence-electron chi connectivity index (χ4n) is 2.76. The molecule has 1 heterocycles. The summed E-state index contributed by atoms with van der Waals surface area (Å²) in [4.78, 5) is 14.4. The molecule has 1 amide bonds. The molecule has 0 aliphatic carbocycles. The number of piperidine rings is 1. The summed E-state index contributed by atoms with van der Waals surface area (Å²) in [6.07, 6.45) is 2.94. The van der Waals surface area contributed by atoms with E-state index >= 15 is 0 Å². The van der Waals surface area contributed by atoms with Crippen LogP contribution in [0.1, 0.15) is 25.3 Å². The van der Waals surface area contributed by atoms with Gasteiger partial charge in [0, 0.05) is 19.0 Å². The standard InChI is InChI=1S/C16H24N2O/c1-13(11-14-5-3-2-4-6-14)16(19)18-9-7-15(12-17)8-10-18/h2-6,13,15H,7-12,17H2,1H3. The van der Waals surface area contributed by atoms with Crippen molar-refractivity contribution in [2.75, 3.05) is 19.6 Å². The normalized spacial score (nSPS) is 18.3. The summed E-state index contributed by atoms with van der Waals surface area (Å²) in [7, 11) is 0. The Balaban J connectivity index is 1.86. The SMILES string of the molecule is CC(Cc1ccccc1)C(=O)N1CCC(CN)CC1. The molecule has 104 valence electrons. The largest absolute Gasteiger partial charge is 0.342 e. The van der Waals surface area contributed by atoms with Crippen LogP contribution in [-0.4, -0.2) is 30.4 Å². The van der Waals surface area contributed by atoms with Crippen molar-refractivity contribution >= 4 is 5.91 Å². The Morgan fingerprint density at radius 3 is 2.53 bits per heavy atom. The first-order valence-electron chi connectivity index (χ1n) is 7.23. The molecule has 1 aromatic rings. The van der Waals surface area contributed by atoms with Crippen LogP contribution in [0.25, 0.3) is 0 Å². The third kappa shape index (κ3) is 3.80. The summed E-state index contributed by atoms with van der Waals surface area (Å²) in [6.45, 7) is 4.53. The van der Waals surface area contributed by atoms with Crippen LogP contribution in [0.4, 0.5) is 0 Å². The lowest BCUT2D eigenvalue weighted by atomic mass is 9.94. The Kier molecular flexibility index (Phi) is 4.97. The zero-order valence-electron chi connectivity index (χ0n) is 11.7. The second kappa shape index (κ2) is 6.71. The van der Waals surface area contributed by atoms with Crippen LogP contribution in [0.5, 0.6) is 0 Å². The smallest absolute Gasteiger partial charge is 0.225 e. The summed E-state index contributed by atoms with van der Waals surface area (Å²) in [5, 5.41) is 0. The highest BCUT2D eigenvalue weighted by molar-refractivity contribution is 5.78. The summed E-state index contributed by atoms with van der Waals surface area (Å²) < 4.78 is 0.